The smallest absolute Gasteiger partial charge is 0.346 e. The van der Waals surface area contributed by atoms with Crippen molar-refractivity contribution in [1.82, 2.24) is 5.32 Å². The molecule has 2 aromatic carbocycles. The number of carbonyl (C=O) groups excluding carboxylic acids is 3. The molecule has 1 amide bonds. The molecular weight excluding hydrogens is 326 g/mol. The van der Waals surface area contributed by atoms with Crippen LogP contribution < -0.4 is 5.32 Å². The lowest BCUT2D eigenvalue weighted by Gasteiger charge is -2.22. The van der Waals surface area contributed by atoms with Gasteiger partial charge in [0.2, 0.25) is 5.91 Å². The Kier molecular flexibility index (Phi) is 4.52. The van der Waals surface area contributed by atoms with Crippen molar-refractivity contribution in [1.29, 1.82) is 0 Å². The highest BCUT2D eigenvalue weighted by atomic mass is 16.6. The fraction of sp³-hybridized carbons (Fsp3) is 0.278. The van der Waals surface area contributed by atoms with Gasteiger partial charge in [-0.2, -0.15) is 0 Å². The van der Waals surface area contributed by atoms with Crippen molar-refractivity contribution in [3.05, 3.63) is 47.0 Å². The Balaban J connectivity index is 1.99. The van der Waals surface area contributed by atoms with Gasteiger partial charge in [-0.25, -0.2) is 9.59 Å². The van der Waals surface area contributed by atoms with Gasteiger partial charge in [0, 0.05) is 18.9 Å². The summed E-state index contributed by atoms with van der Waals surface area (Å²) in [4.78, 5) is 34.7. The summed E-state index contributed by atoms with van der Waals surface area (Å²) in [5, 5.41) is 24.2. The van der Waals surface area contributed by atoms with Gasteiger partial charge in [-0.15, -0.1) is 0 Å². The molecule has 2 unspecified atom stereocenters. The first-order valence-electron chi connectivity index (χ1n) is 7.83. The van der Waals surface area contributed by atoms with Gasteiger partial charge in [0.1, 0.15) is 6.10 Å². The Hall–Kier alpha value is -2.77. The van der Waals surface area contributed by atoms with Crippen LogP contribution in [0.5, 0.6) is 0 Å². The molecular formula is C18H17NO6. The van der Waals surface area contributed by atoms with Crippen LogP contribution in [0.4, 0.5) is 0 Å². The fourth-order valence-electron chi connectivity index (χ4n) is 2.98. The number of ether oxygens (including phenoxy) is 1. The number of hydrogen-bond donors (Lipinski definition) is 3. The molecule has 0 saturated carbocycles. The monoisotopic (exact) mass is 343 g/mol. The molecule has 0 bridgehead atoms. The summed E-state index contributed by atoms with van der Waals surface area (Å²) in [5.41, 5.74) is 0.890. The zero-order valence-electron chi connectivity index (χ0n) is 13.5. The number of hydrogen-bond acceptors (Lipinski definition) is 6. The van der Waals surface area contributed by atoms with Crippen LogP contribution in [0, 0.1) is 0 Å². The van der Waals surface area contributed by atoms with Gasteiger partial charge in [-0.05, 0) is 29.5 Å². The summed E-state index contributed by atoms with van der Waals surface area (Å²) in [6.45, 7) is 1.59. The van der Waals surface area contributed by atoms with Gasteiger partial charge in [0.15, 0.2) is 0 Å². The van der Waals surface area contributed by atoms with Crippen LogP contribution in [0.3, 0.4) is 0 Å². The van der Waals surface area contributed by atoms with Crippen LogP contribution in [0.25, 0.3) is 10.8 Å². The molecule has 1 heterocycles. The molecule has 0 radical (unpaired) electrons. The molecule has 0 saturated heterocycles. The van der Waals surface area contributed by atoms with Gasteiger partial charge in [-0.1, -0.05) is 18.2 Å². The summed E-state index contributed by atoms with van der Waals surface area (Å²) in [5.74, 6) is -1.69. The Morgan fingerprint density at radius 3 is 2.48 bits per heavy atom. The van der Waals surface area contributed by atoms with Crippen molar-refractivity contribution in [2.45, 2.75) is 25.6 Å². The van der Waals surface area contributed by atoms with E-state index in [1.165, 1.54) is 19.1 Å². The number of aliphatic hydroxyl groups is 2. The Labute approximate surface area is 143 Å². The summed E-state index contributed by atoms with van der Waals surface area (Å²) in [7, 11) is 0. The van der Waals surface area contributed by atoms with Crippen LogP contribution in [0.15, 0.2) is 30.3 Å². The van der Waals surface area contributed by atoms with E-state index in [4.69, 9.17) is 4.74 Å². The third-order valence-electron chi connectivity index (χ3n) is 4.20. The number of nitrogens with one attached hydrogen (secondary N) is 1. The lowest BCUT2D eigenvalue weighted by molar-refractivity contribution is -0.119. The molecule has 2 aromatic rings. The third-order valence-corrected chi connectivity index (χ3v) is 4.20. The highest BCUT2D eigenvalue weighted by Gasteiger charge is 2.30. The van der Waals surface area contributed by atoms with E-state index in [0.717, 1.165) is 0 Å². The van der Waals surface area contributed by atoms with E-state index in [1.807, 2.05) is 0 Å². The van der Waals surface area contributed by atoms with Crippen molar-refractivity contribution in [3.8, 4) is 0 Å². The fourth-order valence-corrected chi connectivity index (χ4v) is 2.98. The van der Waals surface area contributed by atoms with Crippen molar-refractivity contribution in [3.63, 3.8) is 0 Å². The maximum atomic E-state index is 11.9. The van der Waals surface area contributed by atoms with Crippen molar-refractivity contribution in [2.24, 2.45) is 0 Å². The average Bonchev–Trinajstić information content (AvgIpc) is 2.58. The lowest BCUT2D eigenvalue weighted by atomic mass is 9.90. The maximum Gasteiger partial charge on any atom is 0.346 e. The predicted octanol–water partition coefficient (Wildman–Crippen LogP) is 1.07. The molecule has 1 aliphatic rings. The predicted molar refractivity (Wildman–Crippen MR) is 88.0 cm³/mol. The number of carbonyl (C=O) groups is 3. The van der Waals surface area contributed by atoms with E-state index in [9.17, 15) is 24.6 Å². The average molecular weight is 343 g/mol. The third kappa shape index (κ3) is 3.11. The summed E-state index contributed by atoms with van der Waals surface area (Å²) < 4.78 is 4.70. The molecule has 0 aliphatic carbocycles. The minimum Gasteiger partial charge on any atom is -0.390 e. The molecule has 1 aliphatic heterocycles. The first kappa shape index (κ1) is 17.1. The Bertz CT molecular complexity index is 855. The summed E-state index contributed by atoms with van der Waals surface area (Å²) in [6, 6.07) is 7.85. The van der Waals surface area contributed by atoms with Gasteiger partial charge in [-0.3, -0.25) is 4.79 Å². The van der Waals surface area contributed by atoms with Crippen molar-refractivity contribution < 1.29 is 29.3 Å². The van der Waals surface area contributed by atoms with Crippen LogP contribution >= 0.6 is 0 Å². The molecule has 0 aromatic heterocycles. The minimum atomic E-state index is -1.23. The highest BCUT2D eigenvalue weighted by molar-refractivity contribution is 6.21. The number of esters is 2. The second-order valence-electron chi connectivity index (χ2n) is 5.89. The topological polar surface area (TPSA) is 113 Å². The molecule has 3 N–H and O–H groups in total. The van der Waals surface area contributed by atoms with Crippen LogP contribution in [-0.2, 0) is 9.53 Å². The largest absolute Gasteiger partial charge is 0.390 e. The molecule has 25 heavy (non-hydrogen) atoms. The van der Waals surface area contributed by atoms with Crippen molar-refractivity contribution in [2.75, 3.05) is 6.54 Å². The van der Waals surface area contributed by atoms with Gasteiger partial charge in [0.05, 0.1) is 17.2 Å². The van der Waals surface area contributed by atoms with Crippen molar-refractivity contribution >= 4 is 28.6 Å². The molecule has 0 spiro atoms. The lowest BCUT2D eigenvalue weighted by Crippen LogP contribution is -2.28. The van der Waals surface area contributed by atoms with Crippen LogP contribution in [0.2, 0.25) is 0 Å². The number of amides is 1. The van der Waals surface area contributed by atoms with Crippen LogP contribution in [-0.4, -0.2) is 40.7 Å². The Morgan fingerprint density at radius 1 is 1.12 bits per heavy atom. The van der Waals surface area contributed by atoms with Gasteiger partial charge < -0.3 is 20.3 Å². The van der Waals surface area contributed by atoms with E-state index in [0.29, 0.717) is 16.3 Å². The van der Waals surface area contributed by atoms with E-state index >= 15 is 0 Å². The zero-order valence-corrected chi connectivity index (χ0v) is 13.5. The highest BCUT2D eigenvalue weighted by Crippen LogP contribution is 2.34. The van der Waals surface area contributed by atoms with E-state index in [-0.39, 0.29) is 30.0 Å². The quantitative estimate of drug-likeness (QED) is 0.553. The second-order valence-corrected chi connectivity index (χ2v) is 5.89. The number of rotatable bonds is 5. The minimum absolute atomic E-state index is 0.157. The summed E-state index contributed by atoms with van der Waals surface area (Å²) >= 11 is 0. The number of benzene rings is 2. The van der Waals surface area contributed by atoms with Gasteiger partial charge >= 0.3 is 11.9 Å². The van der Waals surface area contributed by atoms with E-state index in [1.54, 1.807) is 18.2 Å². The van der Waals surface area contributed by atoms with E-state index in [2.05, 4.69) is 5.32 Å². The molecule has 3 rings (SSSR count). The van der Waals surface area contributed by atoms with E-state index < -0.39 is 24.1 Å². The zero-order chi connectivity index (χ0) is 18.1. The Morgan fingerprint density at radius 2 is 1.80 bits per heavy atom. The molecule has 7 nitrogen and oxygen atoms in total. The number of aliphatic hydroxyl groups excluding tert-OH is 2. The molecule has 0 fully saturated rings. The molecule has 130 valence electrons. The SMILES string of the molecule is CC(=O)NCCC(O)C(O)c1ccc2c3c(cccc13)C(=O)OC2=O. The molecule has 7 heteroatoms. The molecule has 2 atom stereocenters. The second kappa shape index (κ2) is 6.62. The number of cyclic esters (lactones) is 2. The maximum absolute atomic E-state index is 11.9. The normalized spacial score (nSPS) is 15.6. The first-order chi connectivity index (χ1) is 11.9. The standard InChI is InChI=1S/C18H17NO6/c1-9(20)19-8-7-14(21)16(22)11-5-6-13-15-10(11)3-2-4-12(15)17(23)25-18(13)24/h2-6,14,16,21-22H,7-8H2,1H3,(H,19,20). The van der Waals surface area contributed by atoms with Gasteiger partial charge in [0.25, 0.3) is 0 Å². The first-order valence-corrected chi connectivity index (χ1v) is 7.83. The van der Waals surface area contributed by atoms with Crippen LogP contribution in [0.1, 0.15) is 45.7 Å². The summed E-state index contributed by atoms with van der Waals surface area (Å²) in [6.07, 6.45) is -2.19.